The lowest BCUT2D eigenvalue weighted by molar-refractivity contribution is -0.139. The predicted octanol–water partition coefficient (Wildman–Crippen LogP) is 3.36. The topological polar surface area (TPSA) is 41.8 Å². The lowest BCUT2D eigenvalue weighted by atomic mass is 10.1. The van der Waals surface area contributed by atoms with E-state index in [1.54, 1.807) is 0 Å². The van der Waals surface area contributed by atoms with Crippen LogP contribution in [0.2, 0.25) is 0 Å². The molecule has 7 heteroatoms. The van der Waals surface area contributed by atoms with Gasteiger partial charge in [-0.15, -0.1) is 0 Å². The fraction of sp³-hybridized carbons (Fsp3) is 0.364. The second-order valence-electron chi connectivity index (χ2n) is 3.54. The van der Waals surface area contributed by atoms with Crippen molar-refractivity contribution < 1.29 is 27.5 Å². The first kappa shape index (κ1) is 14.3. The summed E-state index contributed by atoms with van der Waals surface area (Å²) in [7, 11) is 0. The maximum atomic E-state index is 13.0. The van der Waals surface area contributed by atoms with Crippen LogP contribution in [0.25, 0.3) is 0 Å². The Bertz CT molecular complexity index is 443. The minimum Gasteiger partial charge on any atom is -0.492 e. The number of alkyl halides is 3. The van der Waals surface area contributed by atoms with Crippen molar-refractivity contribution in [2.24, 2.45) is 5.16 Å². The molecule has 0 saturated heterocycles. The molecular weight excluding hydrogens is 254 g/mol. The monoisotopic (exact) mass is 265 g/mol. The van der Waals surface area contributed by atoms with Gasteiger partial charge in [-0.2, -0.15) is 13.2 Å². The lowest BCUT2D eigenvalue weighted by Gasteiger charge is -2.12. The first-order chi connectivity index (χ1) is 8.33. The zero-order valence-corrected chi connectivity index (χ0v) is 9.46. The van der Waals surface area contributed by atoms with Crippen LogP contribution >= 0.6 is 0 Å². The Morgan fingerprint density at radius 3 is 2.61 bits per heavy atom. The predicted molar refractivity (Wildman–Crippen MR) is 56.6 cm³/mol. The summed E-state index contributed by atoms with van der Waals surface area (Å²) >= 11 is 0. The van der Waals surface area contributed by atoms with Crippen LogP contribution in [0.4, 0.5) is 17.6 Å². The van der Waals surface area contributed by atoms with Crippen molar-refractivity contribution in [1.82, 2.24) is 0 Å². The molecule has 0 aliphatic carbocycles. The van der Waals surface area contributed by atoms with E-state index < -0.39 is 25.0 Å². The quantitative estimate of drug-likeness (QED) is 0.392. The van der Waals surface area contributed by atoms with Gasteiger partial charge in [0.15, 0.2) is 0 Å². The van der Waals surface area contributed by atoms with Gasteiger partial charge in [0.25, 0.3) is 0 Å². The highest BCUT2D eigenvalue weighted by atomic mass is 19.4. The molecule has 0 fully saturated rings. The van der Waals surface area contributed by atoms with Crippen molar-refractivity contribution in [2.45, 2.75) is 19.5 Å². The average molecular weight is 265 g/mol. The molecule has 3 nitrogen and oxygen atoms in total. The maximum absolute atomic E-state index is 13.0. The number of halogens is 4. The molecule has 1 rings (SSSR count). The van der Waals surface area contributed by atoms with Gasteiger partial charge in [-0.1, -0.05) is 5.16 Å². The summed E-state index contributed by atoms with van der Waals surface area (Å²) in [5.74, 6) is -0.735. The van der Waals surface area contributed by atoms with Gasteiger partial charge in [-0.25, -0.2) is 4.39 Å². The molecule has 0 radical (unpaired) electrons. The van der Waals surface area contributed by atoms with Gasteiger partial charge < -0.3 is 9.94 Å². The maximum Gasteiger partial charge on any atom is 0.392 e. The molecule has 0 amide bonds. The van der Waals surface area contributed by atoms with E-state index in [1.165, 1.54) is 13.0 Å². The Labute approximate surface area is 101 Å². The Morgan fingerprint density at radius 1 is 1.39 bits per heavy atom. The van der Waals surface area contributed by atoms with Crippen LogP contribution in [0.1, 0.15) is 18.9 Å². The Hall–Kier alpha value is -1.79. The van der Waals surface area contributed by atoms with Crippen molar-refractivity contribution in [1.29, 1.82) is 0 Å². The van der Waals surface area contributed by atoms with Gasteiger partial charge in [0.05, 0.1) is 18.7 Å². The highest BCUT2D eigenvalue weighted by Gasteiger charge is 2.27. The molecule has 0 spiro atoms. The van der Waals surface area contributed by atoms with E-state index in [0.717, 1.165) is 12.1 Å². The molecule has 1 N–H and O–H groups in total. The summed E-state index contributed by atoms with van der Waals surface area (Å²) < 4.78 is 53.7. The number of rotatable bonds is 4. The zero-order valence-electron chi connectivity index (χ0n) is 9.46. The molecule has 0 aromatic heterocycles. The number of oxime groups is 1. The van der Waals surface area contributed by atoms with Crippen LogP contribution in [-0.4, -0.2) is 23.7 Å². The number of hydrogen-bond acceptors (Lipinski definition) is 3. The van der Waals surface area contributed by atoms with Gasteiger partial charge in [0.1, 0.15) is 11.6 Å². The molecule has 1 aromatic rings. The normalized spacial score (nSPS) is 12.6. The number of nitrogens with zero attached hydrogens (tertiary/aromatic N) is 1. The Balaban J connectivity index is 2.83. The van der Waals surface area contributed by atoms with Crippen molar-refractivity contribution in [3.05, 3.63) is 29.6 Å². The third-order valence-electron chi connectivity index (χ3n) is 2.13. The van der Waals surface area contributed by atoms with Crippen LogP contribution in [0.15, 0.2) is 23.4 Å². The largest absolute Gasteiger partial charge is 0.492 e. The van der Waals surface area contributed by atoms with Crippen LogP contribution in [0, 0.1) is 5.82 Å². The highest BCUT2D eigenvalue weighted by Crippen LogP contribution is 2.24. The van der Waals surface area contributed by atoms with Crippen molar-refractivity contribution >= 4 is 5.71 Å². The number of ether oxygens (including phenoxy) is 1. The van der Waals surface area contributed by atoms with Crippen LogP contribution in [0.3, 0.4) is 0 Å². The van der Waals surface area contributed by atoms with E-state index >= 15 is 0 Å². The third kappa shape index (κ3) is 4.23. The Kier molecular flexibility index (Phi) is 4.52. The molecule has 0 unspecified atom stereocenters. The van der Waals surface area contributed by atoms with E-state index in [4.69, 9.17) is 9.94 Å². The molecule has 0 atom stereocenters. The molecule has 100 valence electrons. The molecule has 0 aliphatic rings. The fourth-order valence-corrected chi connectivity index (χ4v) is 1.25. The Morgan fingerprint density at radius 2 is 2.06 bits per heavy atom. The average Bonchev–Trinajstić information content (AvgIpc) is 2.26. The summed E-state index contributed by atoms with van der Waals surface area (Å²) in [6.07, 6.45) is -5.48. The van der Waals surface area contributed by atoms with Crippen molar-refractivity contribution in [2.75, 3.05) is 6.61 Å². The fourth-order valence-electron chi connectivity index (χ4n) is 1.25. The van der Waals surface area contributed by atoms with Crippen LogP contribution < -0.4 is 4.74 Å². The standard InChI is InChI=1S/C11H11F4NO2/c1-7(16-17)9-3-2-8(12)6-10(9)18-5-4-11(13,14)15/h2-3,6,17H,4-5H2,1H3. The lowest BCUT2D eigenvalue weighted by Crippen LogP contribution is -2.14. The van der Waals surface area contributed by atoms with E-state index in [1.807, 2.05) is 0 Å². The van der Waals surface area contributed by atoms with Gasteiger partial charge in [0, 0.05) is 11.6 Å². The molecular formula is C11H11F4NO2. The summed E-state index contributed by atoms with van der Waals surface area (Å²) in [4.78, 5) is 0. The van der Waals surface area contributed by atoms with E-state index in [2.05, 4.69) is 5.16 Å². The molecule has 0 saturated carbocycles. The zero-order chi connectivity index (χ0) is 13.8. The van der Waals surface area contributed by atoms with Gasteiger partial charge in [-0.3, -0.25) is 0 Å². The summed E-state index contributed by atoms with van der Waals surface area (Å²) in [6.45, 7) is 0.794. The first-order valence-corrected chi connectivity index (χ1v) is 5.01. The van der Waals surface area contributed by atoms with E-state index in [-0.39, 0.29) is 17.0 Å². The second kappa shape index (κ2) is 5.70. The SMILES string of the molecule is CC(=NO)c1ccc(F)cc1OCCC(F)(F)F. The third-order valence-corrected chi connectivity index (χ3v) is 2.13. The number of benzene rings is 1. The van der Waals surface area contributed by atoms with Gasteiger partial charge in [-0.05, 0) is 19.1 Å². The highest BCUT2D eigenvalue weighted by molar-refractivity contribution is 6.00. The van der Waals surface area contributed by atoms with Crippen LogP contribution in [0.5, 0.6) is 5.75 Å². The minimum atomic E-state index is -4.34. The summed E-state index contributed by atoms with van der Waals surface area (Å²) in [5.41, 5.74) is 0.359. The van der Waals surface area contributed by atoms with Gasteiger partial charge in [0.2, 0.25) is 0 Å². The molecule has 0 aliphatic heterocycles. The van der Waals surface area contributed by atoms with Crippen molar-refractivity contribution in [3.8, 4) is 5.75 Å². The van der Waals surface area contributed by atoms with E-state index in [9.17, 15) is 17.6 Å². The molecule has 1 aromatic carbocycles. The van der Waals surface area contributed by atoms with Gasteiger partial charge >= 0.3 is 6.18 Å². The van der Waals surface area contributed by atoms with Crippen LogP contribution in [-0.2, 0) is 0 Å². The summed E-state index contributed by atoms with van der Waals surface area (Å²) in [5, 5.41) is 11.5. The first-order valence-electron chi connectivity index (χ1n) is 5.01. The van der Waals surface area contributed by atoms with E-state index in [0.29, 0.717) is 0 Å². The molecule has 18 heavy (non-hydrogen) atoms. The molecule has 0 heterocycles. The number of hydrogen-bond donors (Lipinski definition) is 1. The second-order valence-corrected chi connectivity index (χ2v) is 3.54. The minimum absolute atomic E-state index is 0.0884. The molecule has 0 bridgehead atoms. The summed E-state index contributed by atoms with van der Waals surface area (Å²) in [6, 6.07) is 3.31. The van der Waals surface area contributed by atoms with Crippen molar-refractivity contribution in [3.63, 3.8) is 0 Å². The smallest absolute Gasteiger partial charge is 0.392 e.